The Hall–Kier alpha value is -0.470. The first-order valence-electron chi connectivity index (χ1n) is 6.86. The molecule has 0 aromatic heterocycles. The van der Waals surface area contributed by atoms with Crippen molar-refractivity contribution in [1.82, 2.24) is 5.32 Å². The molecule has 0 aliphatic carbocycles. The van der Waals surface area contributed by atoms with Gasteiger partial charge in [-0.25, -0.2) is 0 Å². The molecule has 18 heavy (non-hydrogen) atoms. The van der Waals surface area contributed by atoms with E-state index < -0.39 is 0 Å². The summed E-state index contributed by atoms with van der Waals surface area (Å²) in [5.74, 6) is 1.13. The van der Waals surface area contributed by atoms with Gasteiger partial charge in [0, 0.05) is 16.7 Å². The molecule has 0 heterocycles. The van der Waals surface area contributed by atoms with Gasteiger partial charge < -0.3 is 5.32 Å². The molecule has 0 amide bonds. The summed E-state index contributed by atoms with van der Waals surface area (Å²) in [6.07, 6.45) is 1.20. The van der Waals surface area contributed by atoms with E-state index in [1.807, 2.05) is 11.8 Å². The van der Waals surface area contributed by atoms with E-state index in [2.05, 4.69) is 64.2 Å². The molecule has 1 nitrogen and oxygen atoms in total. The van der Waals surface area contributed by atoms with Gasteiger partial charge in [0.1, 0.15) is 0 Å². The number of nitrogens with one attached hydrogen (secondary N) is 1. The van der Waals surface area contributed by atoms with Crippen molar-refractivity contribution in [3.8, 4) is 0 Å². The molecule has 1 unspecified atom stereocenters. The first-order valence-corrected chi connectivity index (χ1v) is 7.85. The second-order valence-electron chi connectivity index (χ2n) is 6.00. The third kappa shape index (κ3) is 5.45. The Bertz CT molecular complexity index is 354. The van der Waals surface area contributed by atoms with Crippen LogP contribution in [-0.2, 0) is 0 Å². The van der Waals surface area contributed by atoms with Crippen LogP contribution in [0.5, 0.6) is 0 Å². The highest BCUT2D eigenvalue weighted by Gasteiger charge is 2.23. The van der Waals surface area contributed by atoms with Crippen molar-refractivity contribution in [3.63, 3.8) is 0 Å². The lowest BCUT2D eigenvalue weighted by atomic mass is 9.88. The quantitative estimate of drug-likeness (QED) is 0.760. The van der Waals surface area contributed by atoms with Gasteiger partial charge >= 0.3 is 0 Å². The van der Waals surface area contributed by atoms with Crippen molar-refractivity contribution < 1.29 is 0 Å². The molecular formula is C16H27NS. The molecule has 0 saturated carbocycles. The van der Waals surface area contributed by atoms with Crippen molar-refractivity contribution in [3.05, 3.63) is 29.8 Å². The van der Waals surface area contributed by atoms with Crippen LogP contribution in [0.3, 0.4) is 0 Å². The normalized spacial score (nSPS) is 13.6. The molecule has 0 saturated heterocycles. The van der Waals surface area contributed by atoms with Gasteiger partial charge in [0.2, 0.25) is 0 Å². The molecule has 1 N–H and O–H groups in total. The zero-order valence-electron chi connectivity index (χ0n) is 12.4. The Morgan fingerprint density at radius 3 is 2.56 bits per heavy atom. The lowest BCUT2D eigenvalue weighted by Crippen LogP contribution is -2.42. The van der Waals surface area contributed by atoms with Crippen LogP contribution in [-0.4, -0.2) is 18.3 Å². The van der Waals surface area contributed by atoms with E-state index in [4.69, 9.17) is 0 Å². The third-order valence-electron chi connectivity index (χ3n) is 3.09. The molecule has 1 atom stereocenters. The molecule has 0 aliphatic rings. The summed E-state index contributed by atoms with van der Waals surface area (Å²) in [7, 11) is 0. The van der Waals surface area contributed by atoms with Crippen molar-refractivity contribution in [1.29, 1.82) is 0 Å². The highest BCUT2D eigenvalue weighted by atomic mass is 32.2. The van der Waals surface area contributed by atoms with Crippen LogP contribution >= 0.6 is 11.8 Å². The highest BCUT2D eigenvalue weighted by molar-refractivity contribution is 7.99. The largest absolute Gasteiger partial charge is 0.313 e. The SMILES string of the molecule is CCCNC(CSc1cccc(C)c1)C(C)(C)C. The van der Waals surface area contributed by atoms with Crippen LogP contribution in [0.4, 0.5) is 0 Å². The van der Waals surface area contributed by atoms with Crippen molar-refractivity contribution in [2.75, 3.05) is 12.3 Å². The molecular weight excluding hydrogens is 238 g/mol. The minimum atomic E-state index is 0.312. The van der Waals surface area contributed by atoms with Crippen LogP contribution in [0.1, 0.15) is 39.7 Å². The van der Waals surface area contributed by atoms with Gasteiger partial charge in [-0.3, -0.25) is 0 Å². The zero-order chi connectivity index (χ0) is 13.6. The van der Waals surface area contributed by atoms with Crippen LogP contribution in [0.15, 0.2) is 29.2 Å². The predicted octanol–water partition coefficient (Wildman–Crippen LogP) is 4.50. The van der Waals surface area contributed by atoms with Crippen LogP contribution in [0.25, 0.3) is 0 Å². The molecule has 0 aliphatic heterocycles. The maximum Gasteiger partial charge on any atom is 0.0210 e. The first kappa shape index (κ1) is 15.6. The Labute approximate surface area is 117 Å². The van der Waals surface area contributed by atoms with Gasteiger partial charge in [-0.2, -0.15) is 0 Å². The van der Waals surface area contributed by atoms with Crippen LogP contribution in [0.2, 0.25) is 0 Å². The fraction of sp³-hybridized carbons (Fsp3) is 0.625. The van der Waals surface area contributed by atoms with Gasteiger partial charge in [-0.05, 0) is 37.4 Å². The van der Waals surface area contributed by atoms with Gasteiger partial charge in [-0.15, -0.1) is 11.8 Å². The summed E-state index contributed by atoms with van der Waals surface area (Å²) in [5.41, 5.74) is 1.65. The molecule has 1 aromatic carbocycles. The van der Waals surface area contributed by atoms with Crippen molar-refractivity contribution in [2.45, 2.75) is 52.0 Å². The Morgan fingerprint density at radius 2 is 2.00 bits per heavy atom. The van der Waals surface area contributed by atoms with Gasteiger partial charge in [0.15, 0.2) is 0 Å². The fourth-order valence-electron chi connectivity index (χ4n) is 1.82. The number of thioether (sulfide) groups is 1. The summed E-state index contributed by atoms with van der Waals surface area (Å²) in [6.45, 7) is 12.4. The molecule has 102 valence electrons. The van der Waals surface area contributed by atoms with Crippen LogP contribution < -0.4 is 5.32 Å². The maximum atomic E-state index is 3.67. The predicted molar refractivity (Wildman–Crippen MR) is 83.4 cm³/mol. The van der Waals surface area contributed by atoms with E-state index >= 15 is 0 Å². The number of hydrogen-bond donors (Lipinski definition) is 1. The fourth-order valence-corrected chi connectivity index (χ4v) is 3.24. The molecule has 0 radical (unpaired) electrons. The second kappa shape index (κ2) is 7.20. The minimum Gasteiger partial charge on any atom is -0.313 e. The van der Waals surface area contributed by atoms with E-state index in [-0.39, 0.29) is 0 Å². The lowest BCUT2D eigenvalue weighted by Gasteiger charge is -2.31. The van der Waals surface area contributed by atoms with Crippen LogP contribution in [0, 0.1) is 12.3 Å². The average molecular weight is 265 g/mol. The molecule has 0 fully saturated rings. The summed E-state index contributed by atoms with van der Waals surface area (Å²) >= 11 is 1.96. The number of hydrogen-bond acceptors (Lipinski definition) is 2. The molecule has 1 rings (SSSR count). The zero-order valence-corrected chi connectivity index (χ0v) is 13.2. The van der Waals surface area contributed by atoms with E-state index in [0.29, 0.717) is 11.5 Å². The second-order valence-corrected chi connectivity index (χ2v) is 7.09. The molecule has 2 heteroatoms. The molecule has 0 spiro atoms. The van der Waals surface area contributed by atoms with E-state index in [1.165, 1.54) is 16.9 Å². The van der Waals surface area contributed by atoms with Crippen molar-refractivity contribution >= 4 is 11.8 Å². The van der Waals surface area contributed by atoms with Gasteiger partial charge in [0.05, 0.1) is 0 Å². The van der Waals surface area contributed by atoms with Crippen molar-refractivity contribution in [2.24, 2.45) is 5.41 Å². The Balaban J connectivity index is 2.56. The summed E-state index contributed by atoms with van der Waals surface area (Å²) in [4.78, 5) is 1.38. The van der Waals surface area contributed by atoms with E-state index in [9.17, 15) is 0 Å². The number of benzene rings is 1. The van der Waals surface area contributed by atoms with E-state index in [0.717, 1.165) is 12.3 Å². The molecule has 0 bridgehead atoms. The lowest BCUT2D eigenvalue weighted by molar-refractivity contribution is 0.292. The van der Waals surface area contributed by atoms with Gasteiger partial charge in [0.25, 0.3) is 0 Å². The van der Waals surface area contributed by atoms with E-state index in [1.54, 1.807) is 0 Å². The van der Waals surface area contributed by atoms with Gasteiger partial charge in [-0.1, -0.05) is 45.4 Å². The summed E-state index contributed by atoms with van der Waals surface area (Å²) < 4.78 is 0. The standard InChI is InChI=1S/C16H27NS/c1-6-10-17-15(16(3,4)5)12-18-14-9-7-8-13(2)11-14/h7-9,11,15,17H,6,10,12H2,1-5H3. The molecule has 1 aromatic rings. The topological polar surface area (TPSA) is 12.0 Å². The third-order valence-corrected chi connectivity index (χ3v) is 4.18. The maximum absolute atomic E-state index is 3.67. The summed E-state index contributed by atoms with van der Waals surface area (Å²) in [6, 6.07) is 9.33. The first-order chi connectivity index (χ1) is 8.43. The number of aryl methyl sites for hydroxylation is 1. The monoisotopic (exact) mass is 265 g/mol. The minimum absolute atomic E-state index is 0.312. The smallest absolute Gasteiger partial charge is 0.0210 e. The highest BCUT2D eigenvalue weighted by Crippen LogP contribution is 2.27. The summed E-state index contributed by atoms with van der Waals surface area (Å²) in [5, 5.41) is 3.67. The average Bonchev–Trinajstić information content (AvgIpc) is 2.27. The Kier molecular flexibility index (Phi) is 6.24. The Morgan fingerprint density at radius 1 is 1.28 bits per heavy atom. The number of rotatable bonds is 6.